The molecule has 0 saturated carbocycles. The Kier molecular flexibility index (Phi) is 1.92. The lowest BCUT2D eigenvalue weighted by Crippen LogP contribution is -2.30. The number of amides is 1. The first kappa shape index (κ1) is 10.1. The van der Waals surface area contributed by atoms with Crippen molar-refractivity contribution in [1.82, 2.24) is 9.55 Å². The average Bonchev–Trinajstić information content (AvgIpc) is 2.81. The van der Waals surface area contributed by atoms with Crippen LogP contribution in [0.15, 0.2) is 4.79 Å². The van der Waals surface area contributed by atoms with Crippen LogP contribution in [-0.4, -0.2) is 28.2 Å². The van der Waals surface area contributed by atoms with Gasteiger partial charge in [-0.3, -0.25) is 19.5 Å². The molecular weight excluding hydrogens is 222 g/mol. The first-order valence-corrected chi connectivity index (χ1v) is 5.53. The fourth-order valence-corrected chi connectivity index (χ4v) is 2.12. The highest BCUT2D eigenvalue weighted by molar-refractivity contribution is 5.93. The number of nitrogens with one attached hydrogen (secondary N) is 2. The van der Waals surface area contributed by atoms with Gasteiger partial charge in [-0.05, 0) is 13.8 Å². The Morgan fingerprint density at radius 3 is 2.82 bits per heavy atom. The van der Waals surface area contributed by atoms with Crippen molar-refractivity contribution in [3.63, 3.8) is 0 Å². The van der Waals surface area contributed by atoms with Gasteiger partial charge in [0.2, 0.25) is 11.9 Å². The van der Waals surface area contributed by atoms with Crippen molar-refractivity contribution in [2.45, 2.75) is 26.4 Å². The molecule has 2 aliphatic rings. The van der Waals surface area contributed by atoms with Gasteiger partial charge in [-0.1, -0.05) is 0 Å². The Labute approximate surface area is 97.4 Å². The van der Waals surface area contributed by atoms with Crippen LogP contribution in [0.5, 0.6) is 0 Å². The van der Waals surface area contributed by atoms with Crippen LogP contribution in [0.25, 0.3) is 0 Å². The summed E-state index contributed by atoms with van der Waals surface area (Å²) in [6, 6.07) is 0.246. The number of carbonyl (C=O) groups excluding carboxylic acids is 1. The second-order valence-corrected chi connectivity index (χ2v) is 4.47. The highest BCUT2D eigenvalue weighted by Crippen LogP contribution is 2.29. The maximum absolute atomic E-state index is 12.1. The summed E-state index contributed by atoms with van der Waals surface area (Å²) in [6.45, 7) is 4.69. The number of rotatable bonds is 1. The van der Waals surface area contributed by atoms with Crippen molar-refractivity contribution in [2.75, 3.05) is 22.2 Å². The second-order valence-electron chi connectivity index (χ2n) is 4.47. The van der Waals surface area contributed by atoms with Gasteiger partial charge in [-0.15, -0.1) is 0 Å². The Bertz CT molecular complexity index is 563. The van der Waals surface area contributed by atoms with Crippen molar-refractivity contribution in [2.24, 2.45) is 0 Å². The van der Waals surface area contributed by atoms with E-state index >= 15 is 0 Å². The van der Waals surface area contributed by atoms with E-state index in [4.69, 9.17) is 0 Å². The van der Waals surface area contributed by atoms with Gasteiger partial charge >= 0.3 is 0 Å². The van der Waals surface area contributed by atoms with Gasteiger partial charge < -0.3 is 10.2 Å². The first-order chi connectivity index (χ1) is 8.08. The third kappa shape index (κ3) is 1.31. The maximum atomic E-state index is 12.1. The van der Waals surface area contributed by atoms with Gasteiger partial charge in [0, 0.05) is 6.04 Å². The average molecular weight is 235 g/mol. The number of carbonyl (C=O) groups is 1. The smallest absolute Gasteiger partial charge is 0.281 e. The Morgan fingerprint density at radius 2 is 2.12 bits per heavy atom. The summed E-state index contributed by atoms with van der Waals surface area (Å²) in [5.41, 5.74) is 0.297. The molecule has 17 heavy (non-hydrogen) atoms. The minimum atomic E-state index is -0.200. The fraction of sp³-hybridized carbons (Fsp3) is 0.500. The van der Waals surface area contributed by atoms with Crippen molar-refractivity contribution < 1.29 is 4.79 Å². The van der Waals surface area contributed by atoms with E-state index in [9.17, 15) is 9.59 Å². The molecule has 7 nitrogen and oxygen atoms in total. The molecule has 1 aromatic heterocycles. The summed E-state index contributed by atoms with van der Waals surface area (Å²) in [4.78, 5) is 29.7. The largest absolute Gasteiger partial charge is 0.360 e. The van der Waals surface area contributed by atoms with E-state index in [1.165, 1.54) is 4.57 Å². The minimum Gasteiger partial charge on any atom is -0.360 e. The molecule has 1 amide bonds. The highest BCUT2D eigenvalue weighted by atomic mass is 16.2. The molecule has 3 rings (SSSR count). The van der Waals surface area contributed by atoms with E-state index in [0.717, 1.165) is 0 Å². The van der Waals surface area contributed by atoms with Crippen LogP contribution < -0.4 is 21.1 Å². The van der Waals surface area contributed by atoms with Crippen LogP contribution in [0.4, 0.5) is 17.5 Å². The highest BCUT2D eigenvalue weighted by Gasteiger charge is 2.30. The minimum absolute atomic E-state index is 0.0534. The molecule has 3 heterocycles. The van der Waals surface area contributed by atoms with Crippen molar-refractivity contribution in [1.29, 1.82) is 0 Å². The molecular formula is C10H13N5O2. The summed E-state index contributed by atoms with van der Waals surface area (Å²) in [6.07, 6.45) is 0. The first-order valence-electron chi connectivity index (χ1n) is 5.53. The SMILES string of the molecule is CC(C)N1CNc2c1nc1n(c2=O)CC(=O)N1. The van der Waals surface area contributed by atoms with Gasteiger partial charge in [0.15, 0.2) is 5.82 Å². The predicted molar refractivity (Wildman–Crippen MR) is 63.2 cm³/mol. The molecule has 0 radical (unpaired) electrons. The quantitative estimate of drug-likeness (QED) is 0.704. The molecule has 0 aromatic carbocycles. The van der Waals surface area contributed by atoms with E-state index in [1.54, 1.807) is 0 Å². The number of hydrogen-bond donors (Lipinski definition) is 2. The third-order valence-electron chi connectivity index (χ3n) is 3.02. The summed E-state index contributed by atoms with van der Waals surface area (Å²) >= 11 is 0. The molecule has 2 N–H and O–H groups in total. The van der Waals surface area contributed by atoms with Crippen molar-refractivity contribution in [3.8, 4) is 0 Å². The zero-order valence-corrected chi connectivity index (χ0v) is 9.65. The van der Waals surface area contributed by atoms with E-state index in [1.807, 2.05) is 18.7 Å². The number of hydrogen-bond acceptors (Lipinski definition) is 5. The van der Waals surface area contributed by atoms with E-state index in [0.29, 0.717) is 24.1 Å². The third-order valence-corrected chi connectivity index (χ3v) is 3.02. The molecule has 0 unspecified atom stereocenters. The Hall–Kier alpha value is -2.05. The number of aromatic nitrogens is 2. The van der Waals surface area contributed by atoms with Gasteiger partial charge in [0.05, 0.1) is 6.67 Å². The lowest BCUT2D eigenvalue weighted by molar-refractivity contribution is -0.115. The molecule has 0 saturated heterocycles. The predicted octanol–water partition coefficient (Wildman–Crippen LogP) is -0.207. The Morgan fingerprint density at radius 1 is 1.35 bits per heavy atom. The molecule has 0 aliphatic carbocycles. The van der Waals surface area contributed by atoms with Crippen molar-refractivity contribution >= 4 is 23.4 Å². The summed E-state index contributed by atoms with van der Waals surface area (Å²) in [5.74, 6) is 0.765. The second kappa shape index (κ2) is 3.22. The standard InChI is InChI=1S/C10H13N5O2/c1-5(2)15-4-11-7-8(15)13-10-12-6(16)3-14(10)9(7)17/h5,11H,3-4H2,1-2H3,(H,12,13,16). The molecule has 2 aliphatic heterocycles. The van der Waals surface area contributed by atoms with Gasteiger partial charge in [0.25, 0.3) is 5.56 Å². The van der Waals surface area contributed by atoms with Crippen LogP contribution in [0, 0.1) is 0 Å². The van der Waals surface area contributed by atoms with E-state index in [-0.39, 0.29) is 24.1 Å². The fourth-order valence-electron chi connectivity index (χ4n) is 2.12. The van der Waals surface area contributed by atoms with Crippen LogP contribution in [0.2, 0.25) is 0 Å². The van der Waals surface area contributed by atoms with Crippen LogP contribution in [0.3, 0.4) is 0 Å². The number of nitrogens with zero attached hydrogens (tertiary/aromatic N) is 3. The van der Waals surface area contributed by atoms with Crippen molar-refractivity contribution in [3.05, 3.63) is 10.4 Å². The van der Waals surface area contributed by atoms with Gasteiger partial charge in [0.1, 0.15) is 12.2 Å². The molecule has 7 heteroatoms. The lowest BCUT2D eigenvalue weighted by atomic mass is 10.3. The topological polar surface area (TPSA) is 79.3 Å². The van der Waals surface area contributed by atoms with Gasteiger partial charge in [-0.2, -0.15) is 4.98 Å². The van der Waals surface area contributed by atoms with Crippen LogP contribution in [0.1, 0.15) is 13.8 Å². The van der Waals surface area contributed by atoms with Crippen LogP contribution >= 0.6 is 0 Å². The van der Waals surface area contributed by atoms with E-state index < -0.39 is 0 Å². The van der Waals surface area contributed by atoms with Crippen LogP contribution in [-0.2, 0) is 11.3 Å². The van der Waals surface area contributed by atoms with E-state index in [2.05, 4.69) is 15.6 Å². The monoisotopic (exact) mass is 235 g/mol. The number of anilines is 3. The molecule has 90 valence electrons. The van der Waals surface area contributed by atoms with Gasteiger partial charge in [-0.25, -0.2) is 0 Å². The molecule has 1 aromatic rings. The molecule has 0 bridgehead atoms. The lowest BCUT2D eigenvalue weighted by Gasteiger charge is -2.21. The molecule has 0 spiro atoms. The number of fused-ring (bicyclic) bond motifs is 2. The Balaban J connectivity index is 2.18. The maximum Gasteiger partial charge on any atom is 0.281 e. The summed E-state index contributed by atoms with van der Waals surface area (Å²) < 4.78 is 1.36. The zero-order valence-electron chi connectivity index (χ0n) is 9.65. The normalized spacial score (nSPS) is 16.9. The summed E-state index contributed by atoms with van der Waals surface area (Å²) in [7, 11) is 0. The summed E-state index contributed by atoms with van der Waals surface area (Å²) in [5, 5.41) is 5.62. The zero-order chi connectivity index (χ0) is 12.2. The molecule has 0 fully saturated rings. The molecule has 0 atom stereocenters.